The van der Waals surface area contributed by atoms with Crippen LogP contribution < -0.4 is 0 Å². The smallest absolute Gasteiger partial charge is 0.173 e. The number of benzene rings is 2. The quantitative estimate of drug-likeness (QED) is 0.134. The van der Waals surface area contributed by atoms with Crippen LogP contribution in [-0.2, 0) is 26.5 Å². The van der Waals surface area contributed by atoms with Crippen molar-refractivity contribution < 1.29 is 18.4 Å². The van der Waals surface area contributed by atoms with E-state index in [2.05, 4.69) is 104 Å². The molecule has 0 radical (unpaired) electrons. The number of aromatic hydroxyl groups is 2. The molecule has 0 unspecified atom stereocenters. The lowest BCUT2D eigenvalue weighted by molar-refractivity contribution is 0.465. The van der Waals surface area contributed by atoms with E-state index in [1.165, 1.54) is 48.9 Å². The first-order chi connectivity index (χ1) is 20.7. The summed E-state index contributed by atoms with van der Waals surface area (Å²) in [7, 11) is -6.77. The minimum atomic E-state index is -1.76. The third kappa shape index (κ3) is 15.5. The van der Waals surface area contributed by atoms with Gasteiger partial charge in [-0.15, -0.1) is 0 Å². The van der Waals surface area contributed by atoms with Crippen molar-refractivity contribution in [2.24, 2.45) is 0 Å². The van der Waals surface area contributed by atoms with Crippen LogP contribution in [0.3, 0.4) is 0 Å². The van der Waals surface area contributed by atoms with E-state index >= 15 is 0 Å². The first-order valence-corrected chi connectivity index (χ1v) is 30.2. The lowest BCUT2D eigenvalue weighted by Gasteiger charge is -2.34. The Bertz CT molecular complexity index is 1120. The molecule has 0 bridgehead atoms. The maximum absolute atomic E-state index is 10.8. The monoisotopic (exact) mass is 720 g/mol. The van der Waals surface area contributed by atoms with Crippen molar-refractivity contribution in [3.63, 3.8) is 0 Å². The molecule has 0 saturated heterocycles. The Morgan fingerprint density at radius 3 is 1.13 bits per heavy atom. The number of phenolic OH excluding ortho intramolecular Hbond substituents is 2. The number of hydrogen-bond donors (Lipinski definition) is 2. The zero-order valence-electron chi connectivity index (χ0n) is 31.2. The summed E-state index contributed by atoms with van der Waals surface area (Å²) in [6.45, 7) is 28.0. The average Bonchev–Trinajstić information content (AvgIpc) is 2.91. The fraction of sp³-hybridized carbons (Fsp3) is 0.692. The highest BCUT2D eigenvalue weighted by Gasteiger charge is 2.33. The van der Waals surface area contributed by atoms with Crippen molar-refractivity contribution in [3.05, 3.63) is 58.7 Å². The molecule has 2 aromatic carbocycles. The van der Waals surface area contributed by atoms with Gasteiger partial charge < -0.3 is 18.4 Å². The van der Waals surface area contributed by atoms with Gasteiger partial charge in [-0.25, -0.2) is 0 Å². The van der Waals surface area contributed by atoms with Crippen LogP contribution in [0.25, 0.3) is 0 Å². The van der Waals surface area contributed by atoms with Crippen molar-refractivity contribution in [3.8, 4) is 11.5 Å². The number of hydrogen-bond acceptors (Lipinski definition) is 4. The van der Waals surface area contributed by atoms with Gasteiger partial charge in [0.15, 0.2) is 33.3 Å². The van der Waals surface area contributed by atoms with Crippen molar-refractivity contribution in [2.75, 3.05) is 0 Å². The van der Waals surface area contributed by atoms with E-state index in [0.29, 0.717) is 11.5 Å². The van der Waals surface area contributed by atoms with Crippen LogP contribution in [0, 0.1) is 0 Å². The Kier molecular flexibility index (Phi) is 18.8. The fourth-order valence-electron chi connectivity index (χ4n) is 6.83. The number of rotatable bonds is 20. The highest BCUT2D eigenvalue weighted by atomic mass is 28.4. The number of aryl methyl sites for hydroxylation is 2. The lowest BCUT2D eigenvalue weighted by Crippen LogP contribution is -2.44. The fourth-order valence-corrected chi connectivity index (χ4v) is 24.9. The third-order valence-corrected chi connectivity index (χ3v) is 24.5. The van der Waals surface area contributed by atoms with Crippen molar-refractivity contribution >= 4 is 33.3 Å². The van der Waals surface area contributed by atoms with E-state index < -0.39 is 33.3 Å². The second-order valence-electron chi connectivity index (χ2n) is 16.5. The van der Waals surface area contributed by atoms with Gasteiger partial charge in [0.05, 0.1) is 0 Å². The summed E-state index contributed by atoms with van der Waals surface area (Å²) in [6.07, 6.45) is 8.74. The van der Waals surface area contributed by atoms with Crippen molar-refractivity contribution in [2.45, 2.75) is 176 Å². The molecule has 2 rings (SSSR count). The summed E-state index contributed by atoms with van der Waals surface area (Å²) in [5, 5.41) is 21.6. The zero-order valence-corrected chi connectivity index (χ0v) is 35.2. The van der Waals surface area contributed by atoms with Gasteiger partial charge in [-0.3, -0.25) is 0 Å². The second kappa shape index (κ2) is 19.3. The molecule has 0 saturated carbocycles. The van der Waals surface area contributed by atoms with Crippen LogP contribution in [0.1, 0.15) is 103 Å². The van der Waals surface area contributed by atoms with Crippen LogP contribution in [0.2, 0.25) is 76.6 Å². The summed E-state index contributed by atoms with van der Waals surface area (Å²) in [4.78, 5) is 0. The van der Waals surface area contributed by atoms with Crippen LogP contribution in [0.5, 0.6) is 11.5 Å². The first-order valence-electron chi connectivity index (χ1n) is 17.8. The Labute approximate surface area is 296 Å². The summed E-state index contributed by atoms with van der Waals surface area (Å²) in [6, 6.07) is 16.9. The van der Waals surface area contributed by atoms with Crippen molar-refractivity contribution in [1.29, 1.82) is 0 Å². The zero-order chi connectivity index (χ0) is 34.1. The first kappa shape index (κ1) is 45.8. The number of unbranched alkanes of at least 4 members (excludes halogenated alkanes) is 2. The van der Waals surface area contributed by atoms with E-state index in [1.54, 1.807) is 0 Å². The molecule has 4 nitrogen and oxygen atoms in total. The van der Waals surface area contributed by atoms with Gasteiger partial charge in [-0.2, -0.15) is 0 Å². The molecule has 0 fully saturated rings. The van der Waals surface area contributed by atoms with Crippen LogP contribution in [0.15, 0.2) is 36.4 Å². The molecule has 0 aliphatic heterocycles. The van der Waals surface area contributed by atoms with Gasteiger partial charge >= 0.3 is 0 Å². The van der Waals surface area contributed by atoms with Crippen molar-refractivity contribution in [1.82, 2.24) is 0 Å². The molecular formula is C39H76O4Si4. The second-order valence-corrected chi connectivity index (χ2v) is 34.2. The van der Waals surface area contributed by atoms with E-state index in [9.17, 15) is 10.2 Å². The van der Waals surface area contributed by atoms with Crippen LogP contribution in [0.4, 0.5) is 0 Å². The Morgan fingerprint density at radius 1 is 0.532 bits per heavy atom. The largest absolute Gasteiger partial charge is 0.508 e. The lowest BCUT2D eigenvalue weighted by atomic mass is 9.76. The van der Waals surface area contributed by atoms with Crippen LogP contribution >= 0.6 is 0 Å². The summed E-state index contributed by atoms with van der Waals surface area (Å²) in [5.74, 6) is 0.767. The predicted octanol–water partition coefficient (Wildman–Crippen LogP) is 13.0. The molecule has 0 amide bonds. The molecule has 8 heteroatoms. The van der Waals surface area contributed by atoms with E-state index in [-0.39, 0.29) is 20.3 Å². The third-order valence-electron chi connectivity index (χ3n) is 9.42. The Balaban J connectivity index is 0.0000106. The normalized spacial score (nSPS) is 12.9. The molecular weight excluding hydrogens is 645 g/mol. The van der Waals surface area contributed by atoms with E-state index in [1.807, 2.05) is 12.1 Å². The molecule has 0 aromatic heterocycles. The number of phenols is 2. The van der Waals surface area contributed by atoms with Gasteiger partial charge in [0.1, 0.15) is 11.5 Å². The summed E-state index contributed by atoms with van der Waals surface area (Å²) >= 11 is 0. The molecule has 0 spiro atoms. The summed E-state index contributed by atoms with van der Waals surface area (Å²) < 4.78 is 13.7. The maximum Gasteiger partial charge on any atom is 0.173 e. The molecule has 0 atom stereocenters. The molecule has 272 valence electrons. The van der Waals surface area contributed by atoms with E-state index in [4.69, 9.17) is 8.23 Å². The standard InChI is InChI=1S/C37H68O4Si4.2CH4/c1-13-15-25-42(5,6)40-44(9,10)27-17-19-31-29-33(21-23-35(31)38)37(3,4)34-22-24-36(39)32(30-34)20-18-28-45(11,12)41-43(7,8)26-16-14-2;;/h21-24,29-30,38-39H,13-20,25-28H2,1-12H3;2*1H4. The van der Waals surface area contributed by atoms with E-state index in [0.717, 1.165) is 48.9 Å². The minimum Gasteiger partial charge on any atom is -0.508 e. The highest BCUT2D eigenvalue weighted by molar-refractivity contribution is 6.85. The molecule has 47 heavy (non-hydrogen) atoms. The van der Waals surface area contributed by atoms with Gasteiger partial charge in [0.25, 0.3) is 0 Å². The SMILES string of the molecule is C.C.CCCC[Si](C)(C)O[Si](C)(C)CCCc1cc(C(C)(C)c2ccc(O)c(CCC[Si](C)(C)O[Si](C)(C)CCCC)c2)ccc1O. The van der Waals surface area contributed by atoms with Gasteiger partial charge in [-0.1, -0.05) is 92.5 Å². The Morgan fingerprint density at radius 2 is 0.830 bits per heavy atom. The van der Waals surface area contributed by atoms with Gasteiger partial charge in [0.2, 0.25) is 0 Å². The maximum atomic E-state index is 10.8. The molecule has 0 aliphatic rings. The predicted molar refractivity (Wildman–Crippen MR) is 220 cm³/mol. The highest BCUT2D eigenvalue weighted by Crippen LogP contribution is 2.37. The molecule has 0 aliphatic carbocycles. The average molecular weight is 721 g/mol. The van der Waals surface area contributed by atoms with Crippen LogP contribution in [-0.4, -0.2) is 43.5 Å². The van der Waals surface area contributed by atoms with Gasteiger partial charge in [-0.05, 0) is 137 Å². The molecule has 2 N–H and O–H groups in total. The topological polar surface area (TPSA) is 58.9 Å². The minimum absolute atomic E-state index is 0. The summed E-state index contributed by atoms with van der Waals surface area (Å²) in [5.41, 5.74) is 4.15. The Hall–Kier alpha value is -1.17. The molecule has 0 heterocycles. The van der Waals surface area contributed by atoms with Gasteiger partial charge in [0, 0.05) is 5.41 Å². The molecule has 2 aromatic rings.